The van der Waals surface area contributed by atoms with Gasteiger partial charge >= 0.3 is 11.9 Å². The normalized spacial score (nSPS) is 16.5. The van der Waals surface area contributed by atoms with Gasteiger partial charge in [0.25, 0.3) is 0 Å². The number of carboxylic acids is 1. The summed E-state index contributed by atoms with van der Waals surface area (Å²) in [4.78, 5) is 20.5. The number of ether oxygens (including phenoxy) is 1. The van der Waals surface area contributed by atoms with Crippen LogP contribution in [0.2, 0.25) is 0 Å². The molecule has 0 amide bonds. The molecule has 0 aromatic rings. The third kappa shape index (κ3) is 6.00. The number of esters is 1. The monoisotopic (exact) mass is 222 g/mol. The number of hydrogen-bond donors (Lipinski definition) is 4. The summed E-state index contributed by atoms with van der Waals surface area (Å²) in [6, 6.07) is 0. The van der Waals surface area contributed by atoms with Crippen LogP contribution in [-0.4, -0.2) is 57.3 Å². The van der Waals surface area contributed by atoms with Gasteiger partial charge in [-0.1, -0.05) is 0 Å². The van der Waals surface area contributed by atoms with E-state index in [9.17, 15) is 14.7 Å². The van der Waals surface area contributed by atoms with Gasteiger partial charge in [-0.25, -0.2) is 0 Å². The number of hydrogen-bond acceptors (Lipinski definition) is 6. The Hall–Kier alpha value is -1.18. The second kappa shape index (κ2) is 6.33. The van der Waals surface area contributed by atoms with Gasteiger partial charge in [0.1, 0.15) is 18.8 Å². The van der Waals surface area contributed by atoms with Gasteiger partial charge in [-0.15, -0.1) is 0 Å². The zero-order valence-electron chi connectivity index (χ0n) is 8.16. The zero-order chi connectivity index (χ0) is 12.0. The highest BCUT2D eigenvalue weighted by Crippen LogP contribution is 2.05. The molecule has 0 unspecified atom stereocenters. The van der Waals surface area contributed by atoms with E-state index < -0.39 is 43.3 Å². The highest BCUT2D eigenvalue weighted by atomic mass is 16.5. The second-order valence-electron chi connectivity index (χ2n) is 3.03. The molecule has 0 saturated heterocycles. The van der Waals surface area contributed by atoms with E-state index in [0.29, 0.717) is 0 Å². The van der Waals surface area contributed by atoms with Crippen LogP contribution in [0.1, 0.15) is 13.3 Å². The molecule has 7 heteroatoms. The molecule has 0 aromatic heterocycles. The van der Waals surface area contributed by atoms with E-state index in [2.05, 4.69) is 4.74 Å². The van der Waals surface area contributed by atoms with Gasteiger partial charge in [-0.05, 0) is 0 Å². The van der Waals surface area contributed by atoms with Crippen LogP contribution in [0.4, 0.5) is 0 Å². The Kier molecular flexibility index (Phi) is 5.83. The number of carboxylic acid groups (broad SMARTS) is 1. The first-order valence-corrected chi connectivity index (χ1v) is 4.24. The molecule has 0 spiro atoms. The van der Waals surface area contributed by atoms with Crippen molar-refractivity contribution in [2.75, 3.05) is 6.61 Å². The van der Waals surface area contributed by atoms with Crippen LogP contribution in [-0.2, 0) is 14.3 Å². The third-order valence-corrected chi connectivity index (χ3v) is 1.63. The van der Waals surface area contributed by atoms with E-state index in [-0.39, 0.29) is 0 Å². The molecule has 0 aromatic carbocycles. The van der Waals surface area contributed by atoms with Crippen LogP contribution in [0, 0.1) is 0 Å². The van der Waals surface area contributed by atoms with Crippen molar-refractivity contribution in [3.63, 3.8) is 0 Å². The van der Waals surface area contributed by atoms with Gasteiger partial charge < -0.3 is 25.2 Å². The summed E-state index contributed by atoms with van der Waals surface area (Å²) in [7, 11) is 0. The van der Waals surface area contributed by atoms with E-state index in [1.54, 1.807) is 0 Å². The molecule has 0 aliphatic rings. The molecule has 88 valence electrons. The molecule has 0 aliphatic heterocycles. The lowest BCUT2D eigenvalue weighted by atomic mass is 10.1. The summed E-state index contributed by atoms with van der Waals surface area (Å²) in [6.45, 7) is 0.625. The fraction of sp³-hybridized carbons (Fsp3) is 0.750. The second-order valence-corrected chi connectivity index (χ2v) is 3.03. The number of rotatable bonds is 6. The van der Waals surface area contributed by atoms with Crippen molar-refractivity contribution in [1.82, 2.24) is 0 Å². The highest BCUT2D eigenvalue weighted by Gasteiger charge is 2.27. The van der Waals surface area contributed by atoms with Gasteiger partial charge in [0.15, 0.2) is 0 Å². The van der Waals surface area contributed by atoms with Gasteiger partial charge in [-0.2, -0.15) is 0 Å². The molecule has 0 fully saturated rings. The molecule has 4 N–H and O–H groups in total. The maximum Gasteiger partial charge on any atom is 0.306 e. The van der Waals surface area contributed by atoms with Crippen LogP contribution >= 0.6 is 0 Å². The van der Waals surface area contributed by atoms with Gasteiger partial charge in [0.05, 0.1) is 12.5 Å². The maximum absolute atomic E-state index is 10.3. The molecule has 0 bridgehead atoms. The quantitative estimate of drug-likeness (QED) is 0.387. The molecular formula is C8H14O7. The Morgan fingerprint density at radius 3 is 2.13 bits per heavy atom. The Morgan fingerprint density at radius 1 is 1.20 bits per heavy atom. The molecular weight excluding hydrogens is 208 g/mol. The third-order valence-electron chi connectivity index (χ3n) is 1.63. The summed E-state index contributed by atoms with van der Waals surface area (Å²) >= 11 is 0. The van der Waals surface area contributed by atoms with E-state index in [1.807, 2.05) is 0 Å². The van der Waals surface area contributed by atoms with Crippen molar-refractivity contribution in [3.8, 4) is 0 Å². The smallest absolute Gasteiger partial charge is 0.306 e. The predicted molar refractivity (Wildman–Crippen MR) is 46.9 cm³/mol. The standard InChI is InChI=1S/C8H14O7/c1-4(9)15-3-6(11)8(14)5(10)2-7(12)13/h5-6,8,10-11,14H,2-3H2,1H3,(H,12,13)/t5-,6-,8+/m1/s1. The summed E-state index contributed by atoms with van der Waals surface area (Å²) in [6.07, 6.45) is -5.48. The Bertz CT molecular complexity index is 227. The van der Waals surface area contributed by atoms with Crippen molar-refractivity contribution >= 4 is 11.9 Å². The van der Waals surface area contributed by atoms with Crippen molar-refractivity contribution in [2.24, 2.45) is 0 Å². The summed E-state index contributed by atoms with van der Waals surface area (Å²) < 4.78 is 4.37. The van der Waals surface area contributed by atoms with E-state index >= 15 is 0 Å². The Labute approximate surface area is 85.9 Å². The number of carbonyl (C=O) groups is 2. The number of aliphatic hydroxyl groups is 3. The Balaban J connectivity index is 4.00. The fourth-order valence-electron chi connectivity index (χ4n) is 0.857. The minimum atomic E-state index is -1.67. The van der Waals surface area contributed by atoms with Gasteiger partial charge in [0.2, 0.25) is 0 Å². The molecule has 3 atom stereocenters. The Morgan fingerprint density at radius 2 is 1.73 bits per heavy atom. The first kappa shape index (κ1) is 13.8. The van der Waals surface area contributed by atoms with E-state index in [0.717, 1.165) is 6.92 Å². The lowest BCUT2D eigenvalue weighted by Gasteiger charge is -2.21. The van der Waals surface area contributed by atoms with Crippen LogP contribution in [0.5, 0.6) is 0 Å². The van der Waals surface area contributed by atoms with Crippen molar-refractivity contribution in [3.05, 3.63) is 0 Å². The van der Waals surface area contributed by atoms with E-state index in [1.165, 1.54) is 0 Å². The molecule has 15 heavy (non-hydrogen) atoms. The number of carbonyl (C=O) groups excluding carboxylic acids is 1. The van der Waals surface area contributed by atoms with Gasteiger partial charge in [0, 0.05) is 6.92 Å². The molecule has 0 saturated carbocycles. The lowest BCUT2D eigenvalue weighted by molar-refractivity contribution is -0.152. The van der Waals surface area contributed by atoms with Crippen molar-refractivity contribution in [2.45, 2.75) is 31.7 Å². The molecule has 0 rings (SSSR count). The molecule has 0 aliphatic carbocycles. The number of aliphatic carboxylic acids is 1. The minimum Gasteiger partial charge on any atom is -0.481 e. The average molecular weight is 222 g/mol. The highest BCUT2D eigenvalue weighted by molar-refractivity contribution is 5.67. The minimum absolute atomic E-state index is 0.493. The lowest BCUT2D eigenvalue weighted by Crippen LogP contribution is -2.41. The number of aliphatic hydroxyl groups excluding tert-OH is 3. The molecule has 0 radical (unpaired) electrons. The fourth-order valence-corrected chi connectivity index (χ4v) is 0.857. The SMILES string of the molecule is CC(=O)OC[C@@H](O)[C@@H](O)[C@H](O)CC(=O)O. The average Bonchev–Trinajstić information content (AvgIpc) is 2.11. The zero-order valence-corrected chi connectivity index (χ0v) is 8.16. The predicted octanol–water partition coefficient (Wildman–Crippen LogP) is -1.89. The van der Waals surface area contributed by atoms with Crippen LogP contribution in [0.15, 0.2) is 0 Å². The molecule has 0 heterocycles. The van der Waals surface area contributed by atoms with Crippen molar-refractivity contribution in [1.29, 1.82) is 0 Å². The summed E-state index contributed by atoms with van der Waals surface area (Å²) in [5.41, 5.74) is 0. The van der Waals surface area contributed by atoms with Crippen LogP contribution in [0.3, 0.4) is 0 Å². The molecule has 7 nitrogen and oxygen atoms in total. The largest absolute Gasteiger partial charge is 0.481 e. The summed E-state index contributed by atoms with van der Waals surface area (Å²) in [5.74, 6) is -1.95. The van der Waals surface area contributed by atoms with Crippen LogP contribution in [0.25, 0.3) is 0 Å². The topological polar surface area (TPSA) is 124 Å². The van der Waals surface area contributed by atoms with E-state index in [4.69, 9.17) is 15.3 Å². The first-order chi connectivity index (χ1) is 6.84. The maximum atomic E-state index is 10.3. The summed E-state index contributed by atoms with van der Waals surface area (Å²) in [5, 5.41) is 35.8. The van der Waals surface area contributed by atoms with Gasteiger partial charge in [-0.3, -0.25) is 9.59 Å². The first-order valence-electron chi connectivity index (χ1n) is 4.24. The van der Waals surface area contributed by atoms with Crippen molar-refractivity contribution < 1.29 is 34.8 Å². The van der Waals surface area contributed by atoms with Crippen LogP contribution < -0.4 is 0 Å².